The lowest BCUT2D eigenvalue weighted by atomic mass is 10.3. The highest BCUT2D eigenvalue weighted by molar-refractivity contribution is 7.71. The number of aromatic amines is 1. The molecule has 0 amide bonds. The summed E-state index contributed by atoms with van der Waals surface area (Å²) in [5, 5.41) is 3.86. The van der Waals surface area contributed by atoms with E-state index in [1.54, 1.807) is 6.92 Å². The molecular weight excluding hydrogens is 224 g/mol. The molecule has 2 rings (SSSR count). The molecule has 0 unspecified atom stereocenters. The van der Waals surface area contributed by atoms with Crippen molar-refractivity contribution in [3.05, 3.63) is 28.4 Å². The van der Waals surface area contributed by atoms with Crippen LogP contribution in [0.5, 0.6) is 0 Å². The minimum Gasteiger partial charge on any atom is -0.340 e. The van der Waals surface area contributed by atoms with Gasteiger partial charge in [0.05, 0.1) is 0 Å². The highest BCUT2D eigenvalue weighted by atomic mass is 32.1. The fourth-order valence-electron chi connectivity index (χ4n) is 1.62. The summed E-state index contributed by atoms with van der Waals surface area (Å²) in [5.74, 6) is 1.33. The van der Waals surface area contributed by atoms with Crippen LogP contribution in [0, 0.1) is 11.7 Å². The summed E-state index contributed by atoms with van der Waals surface area (Å²) in [6.45, 7) is 4.67. The Labute approximate surface area is 98.5 Å². The Balaban J connectivity index is 2.09. The van der Waals surface area contributed by atoms with Crippen molar-refractivity contribution in [2.75, 3.05) is 0 Å². The van der Waals surface area contributed by atoms with E-state index in [-0.39, 0.29) is 0 Å². The minimum absolute atomic E-state index is 0.600. The quantitative estimate of drug-likeness (QED) is 0.828. The van der Waals surface area contributed by atoms with Crippen LogP contribution < -0.4 is 0 Å². The van der Waals surface area contributed by atoms with Gasteiger partial charge in [-0.1, -0.05) is 12.1 Å². The number of rotatable bonds is 4. The van der Waals surface area contributed by atoms with Gasteiger partial charge in [0.15, 0.2) is 10.6 Å². The molecule has 1 N–H and O–H groups in total. The lowest BCUT2D eigenvalue weighted by Gasteiger charge is -2.03. The van der Waals surface area contributed by atoms with Crippen LogP contribution in [0.4, 0.5) is 0 Å². The fourth-order valence-corrected chi connectivity index (χ4v) is 1.89. The molecule has 0 aromatic carbocycles. The Hall–Kier alpha value is -1.43. The van der Waals surface area contributed by atoms with Crippen molar-refractivity contribution in [3.63, 3.8) is 0 Å². The van der Waals surface area contributed by atoms with Crippen molar-refractivity contribution in [1.82, 2.24) is 19.7 Å². The fraction of sp³-hybridized carbons (Fsp3) is 0.500. The van der Waals surface area contributed by atoms with Crippen LogP contribution in [0.15, 0.2) is 10.7 Å². The first-order valence-electron chi connectivity index (χ1n) is 5.27. The SMILES string of the molecule is CCc1c[nH]c(=S)n1CCc1noc(C)n1. The predicted molar refractivity (Wildman–Crippen MR) is 61.7 cm³/mol. The molecule has 16 heavy (non-hydrogen) atoms. The number of H-pyrrole nitrogens is 1. The molecule has 0 atom stereocenters. The molecule has 0 aliphatic heterocycles. The van der Waals surface area contributed by atoms with Crippen molar-refractivity contribution >= 4 is 12.2 Å². The third-order valence-electron chi connectivity index (χ3n) is 2.44. The van der Waals surface area contributed by atoms with Gasteiger partial charge < -0.3 is 14.1 Å². The maximum absolute atomic E-state index is 5.20. The predicted octanol–water partition coefficient (Wildman–Crippen LogP) is 2.04. The lowest BCUT2D eigenvalue weighted by Crippen LogP contribution is -2.06. The van der Waals surface area contributed by atoms with Gasteiger partial charge in [0.2, 0.25) is 5.89 Å². The second kappa shape index (κ2) is 4.61. The van der Waals surface area contributed by atoms with Crippen LogP contribution >= 0.6 is 12.2 Å². The smallest absolute Gasteiger partial charge is 0.223 e. The molecule has 5 nitrogen and oxygen atoms in total. The molecule has 0 bridgehead atoms. The van der Waals surface area contributed by atoms with E-state index in [9.17, 15) is 0 Å². The first kappa shape index (κ1) is 11.1. The number of imidazole rings is 1. The summed E-state index contributed by atoms with van der Waals surface area (Å²) < 4.78 is 7.73. The largest absolute Gasteiger partial charge is 0.340 e. The molecular formula is C10H14N4OS. The highest BCUT2D eigenvalue weighted by Gasteiger charge is 2.05. The molecule has 86 valence electrons. The topological polar surface area (TPSA) is 59.6 Å². The first-order chi connectivity index (χ1) is 7.70. The zero-order valence-electron chi connectivity index (χ0n) is 9.36. The van der Waals surface area contributed by atoms with E-state index < -0.39 is 0 Å². The average Bonchev–Trinajstić information content (AvgIpc) is 2.82. The van der Waals surface area contributed by atoms with Crippen molar-refractivity contribution in [2.24, 2.45) is 0 Å². The monoisotopic (exact) mass is 238 g/mol. The van der Waals surface area contributed by atoms with Gasteiger partial charge in [0.25, 0.3) is 0 Å². The van der Waals surface area contributed by atoms with Gasteiger partial charge in [0, 0.05) is 31.8 Å². The standard InChI is InChI=1S/C10H14N4OS/c1-3-8-6-11-10(16)14(8)5-4-9-12-7(2)15-13-9/h6H,3-5H2,1-2H3,(H,11,16). The molecule has 6 heteroatoms. The Morgan fingerprint density at radius 2 is 2.38 bits per heavy atom. The Morgan fingerprint density at radius 3 is 3.00 bits per heavy atom. The van der Waals surface area contributed by atoms with Crippen LogP contribution in [-0.2, 0) is 19.4 Å². The summed E-state index contributed by atoms with van der Waals surface area (Å²) >= 11 is 5.20. The van der Waals surface area contributed by atoms with E-state index in [0.717, 1.165) is 30.0 Å². The summed E-state index contributed by atoms with van der Waals surface area (Å²) in [7, 11) is 0. The first-order valence-corrected chi connectivity index (χ1v) is 5.67. The summed E-state index contributed by atoms with van der Waals surface area (Å²) in [6.07, 6.45) is 3.64. The van der Waals surface area contributed by atoms with E-state index in [4.69, 9.17) is 16.7 Å². The third kappa shape index (κ3) is 2.21. The molecule has 0 fully saturated rings. The minimum atomic E-state index is 0.600. The van der Waals surface area contributed by atoms with Gasteiger partial charge in [-0.05, 0) is 18.6 Å². The molecule has 0 aliphatic carbocycles. The zero-order valence-corrected chi connectivity index (χ0v) is 10.2. The Morgan fingerprint density at radius 1 is 1.56 bits per heavy atom. The second-order valence-electron chi connectivity index (χ2n) is 3.57. The molecule has 2 aromatic rings. The van der Waals surface area contributed by atoms with Crippen LogP contribution in [0.25, 0.3) is 0 Å². The summed E-state index contributed by atoms with van der Waals surface area (Å²) in [5.41, 5.74) is 1.20. The molecule has 2 aromatic heterocycles. The summed E-state index contributed by atoms with van der Waals surface area (Å²) in [4.78, 5) is 7.20. The average molecular weight is 238 g/mol. The molecule has 0 aliphatic rings. The van der Waals surface area contributed by atoms with Crippen LogP contribution in [-0.4, -0.2) is 19.7 Å². The van der Waals surface area contributed by atoms with E-state index in [2.05, 4.69) is 26.6 Å². The van der Waals surface area contributed by atoms with Gasteiger partial charge in [-0.15, -0.1) is 0 Å². The normalized spacial score (nSPS) is 10.9. The van der Waals surface area contributed by atoms with E-state index in [1.807, 2.05) is 6.20 Å². The number of hydrogen-bond acceptors (Lipinski definition) is 4. The van der Waals surface area contributed by atoms with Crippen LogP contribution in [0.1, 0.15) is 24.3 Å². The van der Waals surface area contributed by atoms with Crippen LogP contribution in [0.3, 0.4) is 0 Å². The van der Waals surface area contributed by atoms with Gasteiger partial charge >= 0.3 is 0 Å². The number of nitrogens with one attached hydrogen (secondary N) is 1. The maximum atomic E-state index is 5.20. The number of aryl methyl sites for hydroxylation is 3. The number of nitrogens with zero attached hydrogens (tertiary/aromatic N) is 3. The molecule has 0 saturated heterocycles. The van der Waals surface area contributed by atoms with E-state index in [0.29, 0.717) is 5.89 Å². The van der Waals surface area contributed by atoms with E-state index in [1.165, 1.54) is 5.69 Å². The van der Waals surface area contributed by atoms with Gasteiger partial charge in [0.1, 0.15) is 0 Å². The second-order valence-corrected chi connectivity index (χ2v) is 3.96. The van der Waals surface area contributed by atoms with Gasteiger partial charge in [-0.2, -0.15) is 4.98 Å². The lowest BCUT2D eigenvalue weighted by molar-refractivity contribution is 0.386. The van der Waals surface area contributed by atoms with Crippen molar-refractivity contribution in [1.29, 1.82) is 0 Å². The zero-order chi connectivity index (χ0) is 11.5. The van der Waals surface area contributed by atoms with Crippen LogP contribution in [0.2, 0.25) is 0 Å². The third-order valence-corrected chi connectivity index (χ3v) is 2.78. The molecule has 2 heterocycles. The maximum Gasteiger partial charge on any atom is 0.223 e. The molecule has 0 saturated carbocycles. The molecule has 0 spiro atoms. The Bertz CT molecular complexity index is 525. The highest BCUT2D eigenvalue weighted by Crippen LogP contribution is 2.05. The van der Waals surface area contributed by atoms with Gasteiger partial charge in [-0.3, -0.25) is 0 Å². The van der Waals surface area contributed by atoms with Crippen molar-refractivity contribution in [2.45, 2.75) is 33.2 Å². The van der Waals surface area contributed by atoms with Gasteiger partial charge in [-0.25, -0.2) is 0 Å². The number of aromatic nitrogens is 4. The number of hydrogen-bond donors (Lipinski definition) is 1. The Kier molecular flexibility index (Phi) is 3.19. The van der Waals surface area contributed by atoms with Crippen molar-refractivity contribution in [3.8, 4) is 0 Å². The molecule has 0 radical (unpaired) electrons. The summed E-state index contributed by atoms with van der Waals surface area (Å²) in [6, 6.07) is 0. The van der Waals surface area contributed by atoms with Crippen molar-refractivity contribution < 1.29 is 4.52 Å². The van der Waals surface area contributed by atoms with E-state index >= 15 is 0 Å².